The normalized spacial score (nSPS) is 19.3. The van der Waals surface area contributed by atoms with Crippen LogP contribution in [0.1, 0.15) is 42.6 Å². The number of nitriles is 1. The minimum absolute atomic E-state index is 0.128. The Balaban J connectivity index is 1.67. The molecular weight excluding hydrogens is 420 g/mol. The van der Waals surface area contributed by atoms with Gasteiger partial charge in [-0.3, -0.25) is 19.9 Å². The first-order valence-corrected chi connectivity index (χ1v) is 10.9. The fraction of sp³-hybridized carbons (Fsp3) is 0.320. The zero-order chi connectivity index (χ0) is 23.8. The molecule has 170 valence electrons. The molecule has 0 aromatic heterocycles. The van der Waals surface area contributed by atoms with E-state index < -0.39 is 29.6 Å². The van der Waals surface area contributed by atoms with Gasteiger partial charge in [-0.15, -0.1) is 0 Å². The van der Waals surface area contributed by atoms with Gasteiger partial charge in [-0.1, -0.05) is 50.6 Å². The van der Waals surface area contributed by atoms with Gasteiger partial charge in [0.05, 0.1) is 17.3 Å². The quantitative estimate of drug-likeness (QED) is 0.375. The van der Waals surface area contributed by atoms with Gasteiger partial charge in [-0.05, 0) is 36.2 Å². The highest BCUT2D eigenvalue weighted by molar-refractivity contribution is 6.44. The molecule has 1 saturated heterocycles. The van der Waals surface area contributed by atoms with Gasteiger partial charge < -0.3 is 4.74 Å². The number of imide groups is 1. The number of nitrogens with zero attached hydrogens (tertiary/aromatic N) is 3. The molecule has 0 saturated carbocycles. The van der Waals surface area contributed by atoms with Crippen LogP contribution in [-0.4, -0.2) is 34.9 Å². The third kappa shape index (κ3) is 5.63. The molecule has 0 aliphatic carbocycles. The Hall–Kier alpha value is -3.99. The highest BCUT2D eigenvalue weighted by atomic mass is 16.5. The molecule has 0 radical (unpaired) electrons. The third-order valence-corrected chi connectivity index (χ3v) is 5.44. The van der Waals surface area contributed by atoms with Gasteiger partial charge in [0.2, 0.25) is 5.91 Å². The van der Waals surface area contributed by atoms with Crippen LogP contribution in [0, 0.1) is 23.2 Å². The number of carbonyl (C=O) groups excluding carboxylic acids is 3. The molecule has 2 aromatic rings. The standard InChI is InChI=1S/C25H26N4O4/c1-3-4-14-29-23(30)21(15-26)17(2)22(24(29)31)28-27-20-12-10-19(11-13-20)25(32)33-16-18-8-6-5-7-9-18/h5-13,17,21,27H,3-4,14,16H2,1-2H3/b28-22-. The number of nitrogens with one attached hydrogen (secondary N) is 1. The van der Waals surface area contributed by atoms with E-state index in [1.165, 1.54) is 0 Å². The van der Waals surface area contributed by atoms with Crippen molar-refractivity contribution in [3.63, 3.8) is 0 Å². The van der Waals surface area contributed by atoms with Crippen molar-refractivity contribution in [2.45, 2.75) is 33.3 Å². The number of hydrogen-bond acceptors (Lipinski definition) is 7. The van der Waals surface area contributed by atoms with Crippen LogP contribution in [0.3, 0.4) is 0 Å². The van der Waals surface area contributed by atoms with Gasteiger partial charge in [0.15, 0.2) is 0 Å². The van der Waals surface area contributed by atoms with Crippen LogP contribution in [0.4, 0.5) is 5.69 Å². The number of rotatable bonds is 8. The van der Waals surface area contributed by atoms with Crippen molar-refractivity contribution in [3.05, 3.63) is 65.7 Å². The van der Waals surface area contributed by atoms with E-state index in [0.29, 0.717) is 17.7 Å². The molecule has 8 heteroatoms. The van der Waals surface area contributed by atoms with Crippen LogP contribution < -0.4 is 5.43 Å². The second-order valence-corrected chi connectivity index (χ2v) is 7.79. The SMILES string of the molecule is CCCCN1C(=O)/C(=N\Nc2ccc(C(=O)OCc3ccccc3)cc2)C(C)C(C#N)C1=O. The van der Waals surface area contributed by atoms with E-state index in [4.69, 9.17) is 4.74 Å². The molecule has 1 heterocycles. The molecule has 8 nitrogen and oxygen atoms in total. The maximum absolute atomic E-state index is 12.8. The molecule has 0 bridgehead atoms. The largest absolute Gasteiger partial charge is 0.457 e. The summed E-state index contributed by atoms with van der Waals surface area (Å²) in [7, 11) is 0. The lowest BCUT2D eigenvalue weighted by Crippen LogP contribution is -2.54. The lowest BCUT2D eigenvalue weighted by atomic mass is 9.85. The van der Waals surface area contributed by atoms with E-state index in [1.807, 2.05) is 43.3 Å². The average Bonchev–Trinajstić information content (AvgIpc) is 2.83. The number of esters is 1. The van der Waals surface area contributed by atoms with Crippen molar-refractivity contribution in [1.29, 1.82) is 5.26 Å². The number of carbonyl (C=O) groups is 3. The molecule has 3 rings (SSSR count). The summed E-state index contributed by atoms with van der Waals surface area (Å²) < 4.78 is 5.32. The van der Waals surface area contributed by atoms with Crippen molar-refractivity contribution in [2.75, 3.05) is 12.0 Å². The minimum Gasteiger partial charge on any atom is -0.457 e. The minimum atomic E-state index is -0.957. The Morgan fingerprint density at radius 3 is 2.48 bits per heavy atom. The van der Waals surface area contributed by atoms with E-state index in [0.717, 1.165) is 16.9 Å². The van der Waals surface area contributed by atoms with E-state index in [-0.39, 0.29) is 18.9 Å². The second-order valence-electron chi connectivity index (χ2n) is 7.79. The third-order valence-electron chi connectivity index (χ3n) is 5.44. The molecule has 1 fully saturated rings. The summed E-state index contributed by atoms with van der Waals surface area (Å²) in [6.45, 7) is 4.05. The second kappa shape index (κ2) is 11.0. The molecule has 2 aromatic carbocycles. The van der Waals surface area contributed by atoms with E-state index in [9.17, 15) is 19.6 Å². The lowest BCUT2D eigenvalue weighted by Gasteiger charge is -2.32. The summed E-state index contributed by atoms with van der Waals surface area (Å²) in [5, 5.41) is 13.6. The highest BCUT2D eigenvalue weighted by Crippen LogP contribution is 2.24. The van der Waals surface area contributed by atoms with E-state index in [2.05, 4.69) is 10.5 Å². The topological polar surface area (TPSA) is 112 Å². The lowest BCUT2D eigenvalue weighted by molar-refractivity contribution is -0.145. The number of anilines is 1. The molecule has 33 heavy (non-hydrogen) atoms. The molecule has 0 spiro atoms. The Morgan fingerprint density at radius 2 is 1.85 bits per heavy atom. The predicted octanol–water partition coefficient (Wildman–Crippen LogP) is 3.76. The Kier molecular flexibility index (Phi) is 7.92. The molecule has 2 unspecified atom stereocenters. The number of hydrazone groups is 1. The van der Waals surface area contributed by atoms with E-state index in [1.54, 1.807) is 31.2 Å². The molecular formula is C25H26N4O4. The zero-order valence-corrected chi connectivity index (χ0v) is 18.7. The first-order chi connectivity index (χ1) is 16.0. The summed E-state index contributed by atoms with van der Waals surface area (Å²) >= 11 is 0. The van der Waals surface area contributed by atoms with Crippen molar-refractivity contribution in [1.82, 2.24) is 4.90 Å². The Labute approximate surface area is 192 Å². The number of amides is 2. The number of likely N-dealkylation sites (tertiary alicyclic amines) is 1. The predicted molar refractivity (Wildman–Crippen MR) is 123 cm³/mol. The monoisotopic (exact) mass is 446 g/mol. The summed E-state index contributed by atoms with van der Waals surface area (Å²) in [5.74, 6) is -2.99. The summed E-state index contributed by atoms with van der Waals surface area (Å²) in [6, 6.07) is 17.9. The van der Waals surface area contributed by atoms with Crippen molar-refractivity contribution < 1.29 is 19.1 Å². The van der Waals surface area contributed by atoms with E-state index >= 15 is 0 Å². The fourth-order valence-electron chi connectivity index (χ4n) is 3.43. The summed E-state index contributed by atoms with van der Waals surface area (Å²) in [4.78, 5) is 38.7. The number of benzene rings is 2. The van der Waals surface area contributed by atoms with Crippen LogP contribution in [0.15, 0.2) is 59.7 Å². The average molecular weight is 447 g/mol. The van der Waals surface area contributed by atoms with Crippen LogP contribution in [0.25, 0.3) is 0 Å². The molecule has 1 aliphatic heterocycles. The molecule has 1 aliphatic rings. The van der Waals surface area contributed by atoms with Crippen molar-refractivity contribution >= 4 is 29.2 Å². The van der Waals surface area contributed by atoms with Gasteiger partial charge in [-0.25, -0.2) is 4.79 Å². The first kappa shape index (κ1) is 23.7. The fourth-order valence-corrected chi connectivity index (χ4v) is 3.43. The first-order valence-electron chi connectivity index (χ1n) is 10.9. The zero-order valence-electron chi connectivity index (χ0n) is 18.7. The summed E-state index contributed by atoms with van der Waals surface area (Å²) in [6.07, 6.45) is 1.47. The van der Waals surface area contributed by atoms with Crippen LogP contribution in [0.5, 0.6) is 0 Å². The maximum atomic E-state index is 12.8. The number of piperidine rings is 1. The number of unbranched alkanes of at least 4 members (excludes halogenated alkanes) is 1. The van der Waals surface area contributed by atoms with Crippen LogP contribution in [-0.2, 0) is 20.9 Å². The molecule has 2 amide bonds. The Bertz CT molecular complexity index is 1070. The van der Waals surface area contributed by atoms with Gasteiger partial charge in [-0.2, -0.15) is 10.4 Å². The van der Waals surface area contributed by atoms with Crippen LogP contribution in [0.2, 0.25) is 0 Å². The highest BCUT2D eigenvalue weighted by Gasteiger charge is 2.44. The molecule has 1 N–H and O–H groups in total. The van der Waals surface area contributed by atoms with Gasteiger partial charge in [0.1, 0.15) is 18.2 Å². The maximum Gasteiger partial charge on any atom is 0.338 e. The van der Waals surface area contributed by atoms with Gasteiger partial charge in [0.25, 0.3) is 5.91 Å². The Morgan fingerprint density at radius 1 is 1.15 bits per heavy atom. The number of hydrogen-bond donors (Lipinski definition) is 1. The van der Waals surface area contributed by atoms with Gasteiger partial charge >= 0.3 is 5.97 Å². The number of ether oxygens (including phenoxy) is 1. The van der Waals surface area contributed by atoms with Crippen LogP contribution >= 0.6 is 0 Å². The molecule has 2 atom stereocenters. The van der Waals surface area contributed by atoms with Crippen molar-refractivity contribution in [2.24, 2.45) is 16.9 Å². The summed E-state index contributed by atoms with van der Waals surface area (Å²) in [5.41, 5.74) is 4.76. The van der Waals surface area contributed by atoms with Gasteiger partial charge in [0, 0.05) is 12.5 Å². The smallest absolute Gasteiger partial charge is 0.338 e. The van der Waals surface area contributed by atoms with Crippen molar-refractivity contribution in [3.8, 4) is 6.07 Å².